The van der Waals surface area contributed by atoms with Gasteiger partial charge in [-0.15, -0.1) is 6.58 Å². The van der Waals surface area contributed by atoms with Crippen molar-refractivity contribution in [3.63, 3.8) is 0 Å². The van der Waals surface area contributed by atoms with Crippen LogP contribution in [0.15, 0.2) is 36.9 Å². The van der Waals surface area contributed by atoms with E-state index in [1.807, 2.05) is 13.0 Å². The maximum Gasteiger partial charge on any atom is 0.416 e. The number of hydrogen-bond donors (Lipinski definition) is 1. The number of allylic oxidation sites excluding steroid dienone is 1. The molecule has 1 nitrogen and oxygen atoms in total. The number of benzene rings is 1. The lowest BCUT2D eigenvalue weighted by molar-refractivity contribution is -0.137. The van der Waals surface area contributed by atoms with Crippen molar-refractivity contribution in [3.05, 3.63) is 48.0 Å². The van der Waals surface area contributed by atoms with Crippen molar-refractivity contribution in [2.45, 2.75) is 38.4 Å². The molecule has 1 rings (SSSR count). The summed E-state index contributed by atoms with van der Waals surface area (Å²) in [5, 5.41) is 3.30. The molecule has 0 aliphatic carbocycles. The summed E-state index contributed by atoms with van der Waals surface area (Å²) >= 11 is 0. The standard InChI is InChI=1S/C15H20F3N/c1-3-5-9-14(19-4-2)11-12-7-6-8-13(10-12)15(16,17)18/h3,6-8,10,14,19H,1,4-5,9,11H2,2H3. The molecule has 4 heteroatoms. The molecule has 1 aromatic carbocycles. The molecule has 0 bridgehead atoms. The van der Waals surface area contributed by atoms with Gasteiger partial charge in [-0.3, -0.25) is 0 Å². The Morgan fingerprint density at radius 1 is 1.37 bits per heavy atom. The van der Waals surface area contributed by atoms with E-state index < -0.39 is 11.7 Å². The Labute approximate surface area is 112 Å². The van der Waals surface area contributed by atoms with E-state index in [1.54, 1.807) is 6.07 Å². The van der Waals surface area contributed by atoms with Crippen LogP contribution >= 0.6 is 0 Å². The van der Waals surface area contributed by atoms with E-state index in [4.69, 9.17) is 0 Å². The predicted octanol–water partition coefficient (Wildman–Crippen LogP) is 4.19. The van der Waals surface area contributed by atoms with E-state index in [0.717, 1.165) is 25.5 Å². The van der Waals surface area contributed by atoms with Gasteiger partial charge in [0.05, 0.1) is 5.56 Å². The summed E-state index contributed by atoms with van der Waals surface area (Å²) in [6.45, 7) is 6.47. The number of likely N-dealkylation sites (N-methyl/N-ethyl adjacent to an activating group) is 1. The summed E-state index contributed by atoms with van der Waals surface area (Å²) in [4.78, 5) is 0. The zero-order valence-electron chi connectivity index (χ0n) is 11.1. The van der Waals surface area contributed by atoms with Gasteiger partial charge in [-0.05, 0) is 37.4 Å². The molecule has 0 heterocycles. The zero-order valence-corrected chi connectivity index (χ0v) is 11.1. The van der Waals surface area contributed by atoms with E-state index >= 15 is 0 Å². The van der Waals surface area contributed by atoms with Gasteiger partial charge in [-0.25, -0.2) is 0 Å². The maximum atomic E-state index is 12.6. The minimum absolute atomic E-state index is 0.187. The van der Waals surface area contributed by atoms with Crippen LogP contribution in [0.3, 0.4) is 0 Å². The first kappa shape index (κ1) is 15.8. The van der Waals surface area contributed by atoms with Crippen molar-refractivity contribution in [3.8, 4) is 0 Å². The zero-order chi connectivity index (χ0) is 14.3. The highest BCUT2D eigenvalue weighted by Crippen LogP contribution is 2.29. The average molecular weight is 271 g/mol. The van der Waals surface area contributed by atoms with Gasteiger partial charge in [0.25, 0.3) is 0 Å². The molecule has 0 aromatic heterocycles. The van der Waals surface area contributed by atoms with Gasteiger partial charge in [0, 0.05) is 6.04 Å². The summed E-state index contributed by atoms with van der Waals surface area (Å²) in [6, 6.07) is 5.74. The Hall–Kier alpha value is -1.29. The molecule has 0 radical (unpaired) electrons. The number of rotatable bonds is 7. The van der Waals surface area contributed by atoms with E-state index in [0.29, 0.717) is 12.0 Å². The van der Waals surface area contributed by atoms with Crippen LogP contribution in [0, 0.1) is 0 Å². The van der Waals surface area contributed by atoms with Gasteiger partial charge in [-0.2, -0.15) is 13.2 Å². The molecule has 19 heavy (non-hydrogen) atoms. The van der Waals surface area contributed by atoms with Crippen molar-refractivity contribution < 1.29 is 13.2 Å². The molecule has 106 valence electrons. The van der Waals surface area contributed by atoms with Crippen LogP contribution in [0.2, 0.25) is 0 Å². The third-order valence-electron chi connectivity index (χ3n) is 2.95. The summed E-state index contributed by atoms with van der Waals surface area (Å²) in [7, 11) is 0. The van der Waals surface area contributed by atoms with Gasteiger partial charge in [0.1, 0.15) is 0 Å². The van der Waals surface area contributed by atoms with Gasteiger partial charge in [0.2, 0.25) is 0 Å². The number of alkyl halides is 3. The van der Waals surface area contributed by atoms with Crippen molar-refractivity contribution in [1.29, 1.82) is 0 Å². The minimum Gasteiger partial charge on any atom is -0.314 e. The minimum atomic E-state index is -4.27. The van der Waals surface area contributed by atoms with Crippen molar-refractivity contribution in [2.24, 2.45) is 0 Å². The SMILES string of the molecule is C=CCCC(Cc1cccc(C(F)(F)F)c1)NCC. The fraction of sp³-hybridized carbons (Fsp3) is 0.467. The van der Waals surface area contributed by atoms with E-state index in [2.05, 4.69) is 11.9 Å². The lowest BCUT2D eigenvalue weighted by atomic mass is 10.00. The summed E-state index contributed by atoms with van der Waals surface area (Å²) in [6.07, 6.45) is -0.100. The number of halogens is 3. The normalized spacial score (nSPS) is 13.3. The molecule has 1 atom stereocenters. The molecule has 0 aliphatic rings. The lowest BCUT2D eigenvalue weighted by Gasteiger charge is -2.18. The largest absolute Gasteiger partial charge is 0.416 e. The predicted molar refractivity (Wildman–Crippen MR) is 72.0 cm³/mol. The molecule has 0 saturated heterocycles. The highest BCUT2D eigenvalue weighted by molar-refractivity contribution is 5.26. The Kier molecular flexibility index (Phi) is 6.09. The highest BCUT2D eigenvalue weighted by atomic mass is 19.4. The first-order chi connectivity index (χ1) is 8.97. The quantitative estimate of drug-likeness (QED) is 0.733. The second-order valence-electron chi connectivity index (χ2n) is 4.52. The summed E-state index contributed by atoms with van der Waals surface area (Å²) in [5.41, 5.74) is 0.133. The molecule has 0 amide bonds. The first-order valence-electron chi connectivity index (χ1n) is 6.47. The Morgan fingerprint density at radius 3 is 2.68 bits per heavy atom. The first-order valence-corrected chi connectivity index (χ1v) is 6.47. The molecular formula is C15H20F3N. The smallest absolute Gasteiger partial charge is 0.314 e. The van der Waals surface area contributed by atoms with Crippen LogP contribution in [0.5, 0.6) is 0 Å². The topological polar surface area (TPSA) is 12.0 Å². The van der Waals surface area contributed by atoms with Gasteiger partial charge < -0.3 is 5.32 Å². The van der Waals surface area contributed by atoms with E-state index in [-0.39, 0.29) is 6.04 Å². The molecule has 0 spiro atoms. The highest BCUT2D eigenvalue weighted by Gasteiger charge is 2.30. The van der Waals surface area contributed by atoms with Gasteiger partial charge >= 0.3 is 6.18 Å². The fourth-order valence-corrected chi connectivity index (χ4v) is 2.04. The second kappa shape index (κ2) is 7.34. The van der Waals surface area contributed by atoms with Crippen LogP contribution in [0.25, 0.3) is 0 Å². The molecule has 1 N–H and O–H groups in total. The molecule has 0 aliphatic heterocycles. The lowest BCUT2D eigenvalue weighted by Crippen LogP contribution is -2.30. The Balaban J connectivity index is 2.75. The van der Waals surface area contributed by atoms with Gasteiger partial charge in [-0.1, -0.05) is 31.2 Å². The number of nitrogens with one attached hydrogen (secondary N) is 1. The van der Waals surface area contributed by atoms with Crippen LogP contribution in [-0.2, 0) is 12.6 Å². The van der Waals surface area contributed by atoms with Crippen LogP contribution < -0.4 is 5.32 Å². The average Bonchev–Trinajstić information content (AvgIpc) is 2.35. The monoisotopic (exact) mass is 271 g/mol. The molecule has 0 saturated carbocycles. The third kappa shape index (κ3) is 5.47. The van der Waals surface area contributed by atoms with Gasteiger partial charge in [0.15, 0.2) is 0 Å². The molecule has 1 unspecified atom stereocenters. The Morgan fingerprint density at radius 2 is 2.11 bits per heavy atom. The molecule has 0 fully saturated rings. The van der Waals surface area contributed by atoms with Crippen molar-refractivity contribution in [1.82, 2.24) is 5.32 Å². The summed E-state index contributed by atoms with van der Waals surface area (Å²) in [5.74, 6) is 0. The van der Waals surface area contributed by atoms with E-state index in [1.165, 1.54) is 12.1 Å². The Bertz CT molecular complexity index is 399. The second-order valence-corrected chi connectivity index (χ2v) is 4.52. The van der Waals surface area contributed by atoms with Crippen LogP contribution in [0.1, 0.15) is 30.9 Å². The molecule has 1 aromatic rings. The summed E-state index contributed by atoms with van der Waals surface area (Å²) < 4.78 is 37.9. The fourth-order valence-electron chi connectivity index (χ4n) is 2.04. The van der Waals surface area contributed by atoms with Crippen LogP contribution in [0.4, 0.5) is 13.2 Å². The third-order valence-corrected chi connectivity index (χ3v) is 2.95. The van der Waals surface area contributed by atoms with Crippen molar-refractivity contribution in [2.75, 3.05) is 6.54 Å². The molecular weight excluding hydrogens is 251 g/mol. The van der Waals surface area contributed by atoms with Crippen LogP contribution in [-0.4, -0.2) is 12.6 Å². The van der Waals surface area contributed by atoms with Crippen molar-refractivity contribution >= 4 is 0 Å². The maximum absolute atomic E-state index is 12.6. The number of hydrogen-bond acceptors (Lipinski definition) is 1. The van der Waals surface area contributed by atoms with E-state index in [9.17, 15) is 13.2 Å².